The third-order valence-electron chi connectivity index (χ3n) is 5.78. The van der Waals surface area contributed by atoms with Gasteiger partial charge in [0.05, 0.1) is 30.2 Å². The first-order valence-electron chi connectivity index (χ1n) is 10.5. The van der Waals surface area contributed by atoms with Gasteiger partial charge in [-0.25, -0.2) is 13.4 Å². The molecule has 2 aromatic rings. The topological polar surface area (TPSA) is 78.5 Å². The zero-order valence-corrected chi connectivity index (χ0v) is 18.6. The first kappa shape index (κ1) is 24.8. The number of halogens is 6. The SMILES string of the molecule is O=S(=O)(N1Cc2cc(C(F)(F)F)ccc2N(Cc2cnc[nH]2)[C@H](CCOC2CC2)C1)C(F)(F)F. The first-order chi connectivity index (χ1) is 15.9. The molecule has 188 valence electrons. The molecule has 1 atom stereocenters. The third-order valence-corrected chi connectivity index (χ3v) is 7.32. The van der Waals surface area contributed by atoms with Crippen LogP contribution in [-0.4, -0.2) is 53.5 Å². The minimum Gasteiger partial charge on any atom is -0.378 e. The van der Waals surface area contributed by atoms with E-state index in [-0.39, 0.29) is 41.2 Å². The van der Waals surface area contributed by atoms with Crippen molar-refractivity contribution in [2.75, 3.05) is 18.1 Å². The number of hydrogen-bond acceptors (Lipinski definition) is 5. The normalized spacial score (nSPS) is 20.3. The van der Waals surface area contributed by atoms with Crippen LogP contribution in [0.2, 0.25) is 0 Å². The molecule has 0 amide bonds. The second kappa shape index (κ2) is 9.04. The van der Waals surface area contributed by atoms with E-state index in [2.05, 4.69) is 9.97 Å². The summed E-state index contributed by atoms with van der Waals surface area (Å²) in [5, 5.41) is 0. The standard InChI is InChI=1S/C20H22F6N4O3S/c21-19(22,23)14-1-4-18-13(7-14)9-29(34(31,32)20(24,25)26)11-16(5-6-33-17-2-3-17)30(18)10-15-8-27-12-28-15/h1,4,7-8,12,16-17H,2-3,5-6,9-11H2,(H,27,28)/t16-/m1/s1. The fraction of sp³-hybridized carbons (Fsp3) is 0.550. The number of nitrogens with zero attached hydrogens (tertiary/aromatic N) is 3. The molecule has 34 heavy (non-hydrogen) atoms. The molecule has 2 aliphatic rings. The Kier molecular flexibility index (Phi) is 6.59. The van der Waals surface area contributed by atoms with Gasteiger partial charge >= 0.3 is 21.7 Å². The maximum Gasteiger partial charge on any atom is 0.511 e. The molecule has 0 saturated heterocycles. The Balaban J connectivity index is 1.77. The number of benzene rings is 1. The summed E-state index contributed by atoms with van der Waals surface area (Å²) in [5.74, 6) is 0. The largest absolute Gasteiger partial charge is 0.511 e. The smallest absolute Gasteiger partial charge is 0.378 e. The van der Waals surface area contributed by atoms with E-state index in [1.807, 2.05) is 0 Å². The van der Waals surface area contributed by atoms with Crippen molar-refractivity contribution in [3.8, 4) is 0 Å². The quantitative estimate of drug-likeness (QED) is 0.567. The lowest BCUT2D eigenvalue weighted by molar-refractivity contribution is -0.137. The van der Waals surface area contributed by atoms with Gasteiger partial charge in [0.1, 0.15) is 0 Å². The zero-order valence-electron chi connectivity index (χ0n) is 17.7. The Labute approximate surface area is 191 Å². The van der Waals surface area contributed by atoms with E-state index in [0.717, 1.165) is 18.9 Å². The van der Waals surface area contributed by atoms with Gasteiger partial charge in [0.25, 0.3) is 0 Å². The lowest BCUT2D eigenvalue weighted by atomic mass is 10.1. The highest BCUT2D eigenvalue weighted by molar-refractivity contribution is 7.89. The number of H-pyrrole nitrogens is 1. The molecule has 7 nitrogen and oxygen atoms in total. The molecule has 0 spiro atoms. The van der Waals surface area contributed by atoms with Crippen LogP contribution < -0.4 is 4.90 Å². The number of aromatic nitrogens is 2. The Morgan fingerprint density at radius 2 is 1.88 bits per heavy atom. The molecular formula is C20H22F6N4O3S. The van der Waals surface area contributed by atoms with Gasteiger partial charge in [0, 0.05) is 37.6 Å². The number of hydrogen-bond donors (Lipinski definition) is 1. The molecule has 4 rings (SSSR count). The summed E-state index contributed by atoms with van der Waals surface area (Å²) < 4.78 is 111. The second-order valence-corrected chi connectivity index (χ2v) is 10.2. The summed E-state index contributed by atoms with van der Waals surface area (Å²) in [6.45, 7) is -1.17. The maximum atomic E-state index is 13.4. The predicted octanol–water partition coefficient (Wildman–Crippen LogP) is 4.04. The highest BCUT2D eigenvalue weighted by Gasteiger charge is 2.51. The zero-order chi connectivity index (χ0) is 24.7. The number of sulfonamides is 1. The number of nitrogens with one attached hydrogen (secondary N) is 1. The van der Waals surface area contributed by atoms with E-state index < -0.39 is 46.4 Å². The van der Waals surface area contributed by atoms with Gasteiger partial charge in [0.2, 0.25) is 0 Å². The Morgan fingerprint density at radius 3 is 2.47 bits per heavy atom. The number of rotatable bonds is 7. The Hall–Kier alpha value is -2.32. The minimum atomic E-state index is -5.80. The fourth-order valence-corrected chi connectivity index (χ4v) is 4.87. The van der Waals surface area contributed by atoms with Crippen molar-refractivity contribution >= 4 is 15.7 Å². The van der Waals surface area contributed by atoms with Gasteiger partial charge in [-0.1, -0.05) is 0 Å². The molecule has 0 bridgehead atoms. The lowest BCUT2D eigenvalue weighted by Crippen LogP contribution is -2.47. The molecule has 1 aliphatic heterocycles. The lowest BCUT2D eigenvalue weighted by Gasteiger charge is -2.34. The summed E-state index contributed by atoms with van der Waals surface area (Å²) in [4.78, 5) is 8.39. The summed E-state index contributed by atoms with van der Waals surface area (Å²) in [7, 11) is -5.80. The van der Waals surface area contributed by atoms with Gasteiger partial charge in [-0.2, -0.15) is 30.6 Å². The molecule has 1 aromatic carbocycles. The van der Waals surface area contributed by atoms with Crippen LogP contribution in [0, 0.1) is 0 Å². The van der Waals surface area contributed by atoms with Gasteiger partial charge in [0.15, 0.2) is 0 Å². The van der Waals surface area contributed by atoms with Crippen LogP contribution in [0.5, 0.6) is 0 Å². The molecule has 2 heterocycles. The maximum absolute atomic E-state index is 13.4. The average molecular weight is 512 g/mol. The summed E-state index contributed by atoms with van der Waals surface area (Å²) in [6, 6.07) is 1.92. The highest BCUT2D eigenvalue weighted by atomic mass is 32.2. The van der Waals surface area contributed by atoms with E-state index in [0.29, 0.717) is 11.8 Å². The predicted molar refractivity (Wildman–Crippen MR) is 109 cm³/mol. The van der Waals surface area contributed by atoms with Crippen molar-refractivity contribution in [1.82, 2.24) is 14.3 Å². The molecule has 0 unspecified atom stereocenters. The van der Waals surface area contributed by atoms with Crippen LogP contribution in [0.15, 0.2) is 30.7 Å². The second-order valence-electron chi connectivity index (χ2n) is 8.30. The highest BCUT2D eigenvalue weighted by Crippen LogP contribution is 2.39. The number of imidazole rings is 1. The van der Waals surface area contributed by atoms with Crippen LogP contribution in [0.1, 0.15) is 36.1 Å². The van der Waals surface area contributed by atoms with Gasteiger partial charge < -0.3 is 14.6 Å². The number of fused-ring (bicyclic) bond motifs is 1. The van der Waals surface area contributed by atoms with Crippen LogP contribution in [0.4, 0.5) is 32.0 Å². The minimum absolute atomic E-state index is 0.0727. The van der Waals surface area contributed by atoms with E-state index in [1.165, 1.54) is 18.6 Å². The van der Waals surface area contributed by atoms with Crippen molar-refractivity contribution in [2.24, 2.45) is 0 Å². The monoisotopic (exact) mass is 512 g/mol. The van der Waals surface area contributed by atoms with E-state index >= 15 is 0 Å². The summed E-state index contributed by atoms with van der Waals surface area (Å²) in [5.41, 5.74) is -6.06. The molecule has 0 radical (unpaired) electrons. The third kappa shape index (κ3) is 5.33. The molecule has 1 aromatic heterocycles. The van der Waals surface area contributed by atoms with Gasteiger partial charge in [-0.3, -0.25) is 0 Å². The fourth-order valence-electron chi connectivity index (χ4n) is 3.90. The number of alkyl halides is 6. The molecule has 14 heteroatoms. The van der Waals surface area contributed by atoms with Crippen LogP contribution >= 0.6 is 0 Å². The van der Waals surface area contributed by atoms with Crippen LogP contribution in [0.25, 0.3) is 0 Å². The summed E-state index contributed by atoms with van der Waals surface area (Å²) in [6.07, 6.45) is 0.127. The average Bonchev–Trinajstić information content (AvgIpc) is 3.44. The molecular weight excluding hydrogens is 490 g/mol. The van der Waals surface area contributed by atoms with Crippen molar-refractivity contribution in [1.29, 1.82) is 0 Å². The number of anilines is 1. The van der Waals surface area contributed by atoms with E-state index in [9.17, 15) is 34.8 Å². The Morgan fingerprint density at radius 1 is 1.15 bits per heavy atom. The molecule has 1 fully saturated rings. The van der Waals surface area contributed by atoms with Crippen molar-refractivity contribution in [2.45, 2.75) is 56.2 Å². The Bertz CT molecular complexity index is 1100. The molecule has 1 N–H and O–H groups in total. The van der Waals surface area contributed by atoms with Crippen molar-refractivity contribution < 1.29 is 39.5 Å². The molecule has 1 saturated carbocycles. The van der Waals surface area contributed by atoms with Gasteiger partial charge in [-0.05, 0) is 43.0 Å². The van der Waals surface area contributed by atoms with Crippen LogP contribution in [0.3, 0.4) is 0 Å². The first-order valence-corrected chi connectivity index (χ1v) is 11.9. The van der Waals surface area contributed by atoms with Crippen molar-refractivity contribution in [3.63, 3.8) is 0 Å². The van der Waals surface area contributed by atoms with E-state index in [4.69, 9.17) is 4.74 Å². The summed E-state index contributed by atoms with van der Waals surface area (Å²) >= 11 is 0. The van der Waals surface area contributed by atoms with Crippen molar-refractivity contribution in [3.05, 3.63) is 47.5 Å². The van der Waals surface area contributed by atoms with E-state index in [1.54, 1.807) is 4.90 Å². The van der Waals surface area contributed by atoms with Crippen LogP contribution in [-0.2, 0) is 34.0 Å². The van der Waals surface area contributed by atoms with Gasteiger partial charge in [-0.15, -0.1) is 0 Å². The molecule has 1 aliphatic carbocycles. The number of ether oxygens (including phenoxy) is 1. The number of aromatic amines is 1.